The van der Waals surface area contributed by atoms with Crippen molar-refractivity contribution in [3.05, 3.63) is 64.1 Å². The van der Waals surface area contributed by atoms with E-state index in [-0.39, 0.29) is 5.91 Å². The summed E-state index contributed by atoms with van der Waals surface area (Å²) in [5, 5.41) is 6.84. The Labute approximate surface area is 147 Å². The molecule has 4 rings (SSSR count). The van der Waals surface area contributed by atoms with Crippen LogP contribution in [0.3, 0.4) is 0 Å². The second-order valence-electron chi connectivity index (χ2n) is 5.63. The van der Waals surface area contributed by atoms with Crippen molar-refractivity contribution in [2.45, 2.75) is 13.8 Å². The molecule has 1 aromatic carbocycles. The maximum atomic E-state index is 12.6. The van der Waals surface area contributed by atoms with Gasteiger partial charge in [-0.15, -0.1) is 22.7 Å². The lowest BCUT2D eigenvalue weighted by Crippen LogP contribution is -2.14. The van der Waals surface area contributed by atoms with E-state index < -0.39 is 0 Å². The van der Waals surface area contributed by atoms with Crippen LogP contribution >= 0.6 is 22.7 Å². The summed E-state index contributed by atoms with van der Waals surface area (Å²) in [7, 11) is 0. The Morgan fingerprint density at radius 2 is 2.04 bits per heavy atom. The van der Waals surface area contributed by atoms with Crippen LogP contribution in [0.2, 0.25) is 0 Å². The lowest BCUT2D eigenvalue weighted by Gasteiger charge is -2.07. The minimum Gasteiger partial charge on any atom is -0.321 e. The van der Waals surface area contributed by atoms with Crippen LogP contribution in [0.15, 0.2) is 47.3 Å². The molecule has 0 aliphatic heterocycles. The van der Waals surface area contributed by atoms with Gasteiger partial charge in [-0.05, 0) is 48.6 Å². The van der Waals surface area contributed by atoms with Crippen LogP contribution in [0, 0.1) is 13.8 Å². The van der Waals surface area contributed by atoms with Crippen LogP contribution < -0.4 is 5.32 Å². The Kier molecular flexibility index (Phi) is 3.70. The van der Waals surface area contributed by atoms with Crippen LogP contribution in [0.25, 0.3) is 15.5 Å². The van der Waals surface area contributed by atoms with Gasteiger partial charge in [0.15, 0.2) is 4.96 Å². The van der Waals surface area contributed by atoms with Crippen LogP contribution in [0.1, 0.15) is 21.6 Å². The summed E-state index contributed by atoms with van der Waals surface area (Å²) in [6.45, 7) is 4.10. The number of imidazole rings is 1. The molecule has 0 radical (unpaired) electrons. The maximum Gasteiger partial charge on any atom is 0.273 e. The first kappa shape index (κ1) is 15.1. The number of hydrogen-bond acceptors (Lipinski definition) is 4. The number of thiophene rings is 1. The fourth-order valence-electron chi connectivity index (χ4n) is 2.50. The molecule has 3 aromatic heterocycles. The molecule has 0 aliphatic rings. The molecule has 0 atom stereocenters. The van der Waals surface area contributed by atoms with Gasteiger partial charge >= 0.3 is 0 Å². The number of hydrogen-bond donors (Lipinski definition) is 1. The first-order valence-electron chi connectivity index (χ1n) is 7.51. The predicted molar refractivity (Wildman–Crippen MR) is 100 cm³/mol. The van der Waals surface area contributed by atoms with Crippen molar-refractivity contribution in [3.63, 3.8) is 0 Å². The third kappa shape index (κ3) is 2.64. The molecule has 3 heterocycles. The monoisotopic (exact) mass is 353 g/mol. The minimum atomic E-state index is -0.125. The highest BCUT2D eigenvalue weighted by atomic mass is 32.1. The molecular weight excluding hydrogens is 338 g/mol. The van der Waals surface area contributed by atoms with E-state index in [2.05, 4.69) is 17.2 Å². The fraction of sp³-hybridized carbons (Fsp3) is 0.111. The van der Waals surface area contributed by atoms with E-state index in [1.807, 2.05) is 58.6 Å². The summed E-state index contributed by atoms with van der Waals surface area (Å²) < 4.78 is 1.86. The first-order chi connectivity index (χ1) is 11.6. The third-order valence-corrected chi connectivity index (χ3v) is 5.71. The van der Waals surface area contributed by atoms with E-state index in [9.17, 15) is 4.79 Å². The van der Waals surface area contributed by atoms with Gasteiger partial charge in [-0.25, -0.2) is 4.98 Å². The fourth-order valence-corrected chi connectivity index (χ4v) is 4.04. The van der Waals surface area contributed by atoms with E-state index in [1.165, 1.54) is 16.9 Å². The summed E-state index contributed by atoms with van der Waals surface area (Å²) in [5.74, 6) is -0.125. The summed E-state index contributed by atoms with van der Waals surface area (Å²) in [5.41, 5.74) is 4.67. The standard InChI is InChI=1S/C18H15N3OS2/c1-11-5-6-13(8-12(11)2)19-17(22)15-10-24-18-20-14(9-21(15)18)16-4-3-7-23-16/h3-10H,1-2H3,(H,19,22). The smallest absolute Gasteiger partial charge is 0.273 e. The second kappa shape index (κ2) is 5.89. The number of anilines is 1. The second-order valence-corrected chi connectivity index (χ2v) is 7.41. The normalized spacial score (nSPS) is 11.1. The van der Waals surface area contributed by atoms with E-state index in [1.54, 1.807) is 11.3 Å². The number of amides is 1. The Hall–Kier alpha value is -2.44. The predicted octanol–water partition coefficient (Wildman–Crippen LogP) is 4.99. The largest absolute Gasteiger partial charge is 0.321 e. The molecule has 0 unspecified atom stereocenters. The number of fused-ring (bicyclic) bond motifs is 1. The van der Waals surface area contributed by atoms with E-state index >= 15 is 0 Å². The molecule has 4 aromatic rings. The van der Waals surface area contributed by atoms with Gasteiger partial charge in [0.25, 0.3) is 5.91 Å². The molecule has 0 aliphatic carbocycles. The highest BCUT2D eigenvalue weighted by molar-refractivity contribution is 7.15. The summed E-state index contributed by atoms with van der Waals surface area (Å²) in [6, 6.07) is 9.96. The minimum absolute atomic E-state index is 0.125. The zero-order valence-electron chi connectivity index (χ0n) is 13.2. The van der Waals surface area contributed by atoms with E-state index in [0.717, 1.165) is 26.8 Å². The number of nitrogens with one attached hydrogen (secondary N) is 1. The molecule has 1 amide bonds. The molecule has 0 bridgehead atoms. The highest BCUT2D eigenvalue weighted by Gasteiger charge is 2.16. The zero-order chi connectivity index (χ0) is 16.7. The Morgan fingerprint density at radius 3 is 2.79 bits per heavy atom. The Balaban J connectivity index is 1.65. The first-order valence-corrected chi connectivity index (χ1v) is 9.27. The van der Waals surface area contributed by atoms with E-state index in [0.29, 0.717) is 5.69 Å². The van der Waals surface area contributed by atoms with Gasteiger partial charge in [-0.1, -0.05) is 12.1 Å². The third-order valence-electron chi connectivity index (χ3n) is 3.98. The number of carbonyl (C=O) groups excluding carboxylic acids is 1. The van der Waals surface area contributed by atoms with Crippen molar-refractivity contribution < 1.29 is 4.79 Å². The van der Waals surface area contributed by atoms with Crippen LogP contribution in [-0.4, -0.2) is 15.3 Å². The number of aromatic nitrogens is 2. The van der Waals surface area contributed by atoms with Gasteiger partial charge in [0.2, 0.25) is 0 Å². The number of carbonyl (C=O) groups is 1. The average Bonchev–Trinajstić information content (AvgIpc) is 3.25. The molecule has 0 saturated carbocycles. The Morgan fingerprint density at radius 1 is 1.17 bits per heavy atom. The molecule has 4 nitrogen and oxygen atoms in total. The summed E-state index contributed by atoms with van der Waals surface area (Å²) in [6.07, 6.45) is 1.92. The zero-order valence-corrected chi connectivity index (χ0v) is 14.9. The quantitative estimate of drug-likeness (QED) is 0.564. The van der Waals surface area contributed by atoms with Crippen LogP contribution in [0.4, 0.5) is 5.69 Å². The molecule has 0 saturated heterocycles. The van der Waals surface area contributed by atoms with Gasteiger partial charge < -0.3 is 5.32 Å². The van der Waals surface area contributed by atoms with Crippen molar-refractivity contribution in [1.29, 1.82) is 0 Å². The lowest BCUT2D eigenvalue weighted by atomic mass is 10.1. The number of nitrogens with zero attached hydrogens (tertiary/aromatic N) is 2. The van der Waals surface area contributed by atoms with Crippen LogP contribution in [0.5, 0.6) is 0 Å². The van der Waals surface area contributed by atoms with Gasteiger partial charge in [0, 0.05) is 17.3 Å². The lowest BCUT2D eigenvalue weighted by molar-refractivity contribution is 0.102. The molecule has 6 heteroatoms. The SMILES string of the molecule is Cc1ccc(NC(=O)c2csc3nc(-c4cccs4)cn23)cc1C. The van der Waals surface area contributed by atoms with Crippen LogP contribution in [-0.2, 0) is 0 Å². The summed E-state index contributed by atoms with van der Waals surface area (Å²) >= 11 is 3.11. The highest BCUT2D eigenvalue weighted by Crippen LogP contribution is 2.27. The maximum absolute atomic E-state index is 12.6. The van der Waals surface area contributed by atoms with Crippen molar-refractivity contribution >= 4 is 39.2 Å². The molecule has 1 N–H and O–H groups in total. The van der Waals surface area contributed by atoms with E-state index in [4.69, 9.17) is 0 Å². The molecular formula is C18H15N3OS2. The van der Waals surface area contributed by atoms with Gasteiger partial charge in [-0.2, -0.15) is 0 Å². The average molecular weight is 353 g/mol. The van der Waals surface area contributed by atoms with Crippen molar-refractivity contribution in [1.82, 2.24) is 9.38 Å². The molecule has 120 valence electrons. The summed E-state index contributed by atoms with van der Waals surface area (Å²) in [4.78, 5) is 19.2. The Bertz CT molecular complexity index is 1030. The number of rotatable bonds is 3. The van der Waals surface area contributed by atoms with Gasteiger partial charge in [0.1, 0.15) is 11.4 Å². The molecule has 0 fully saturated rings. The number of aryl methyl sites for hydroxylation is 2. The van der Waals surface area contributed by atoms with Crippen molar-refractivity contribution in [2.24, 2.45) is 0 Å². The van der Waals surface area contributed by atoms with Gasteiger partial charge in [-0.3, -0.25) is 9.20 Å². The number of thiazole rings is 1. The molecule has 24 heavy (non-hydrogen) atoms. The van der Waals surface area contributed by atoms with Gasteiger partial charge in [0.05, 0.1) is 4.88 Å². The molecule has 0 spiro atoms. The number of benzene rings is 1. The van der Waals surface area contributed by atoms with Crippen molar-refractivity contribution in [3.8, 4) is 10.6 Å². The topological polar surface area (TPSA) is 46.4 Å². The van der Waals surface area contributed by atoms with Crippen molar-refractivity contribution in [2.75, 3.05) is 5.32 Å².